The molecule has 0 aromatic carbocycles. The Morgan fingerprint density at radius 3 is 2.74 bits per heavy atom. The Hall–Kier alpha value is -1.81. The van der Waals surface area contributed by atoms with Crippen LogP contribution in [0.1, 0.15) is 20.8 Å². The molecule has 4 heterocycles. The van der Waals surface area contributed by atoms with Gasteiger partial charge in [0.05, 0.1) is 12.9 Å². The second-order valence-electron chi connectivity index (χ2n) is 6.46. The van der Waals surface area contributed by atoms with Crippen molar-refractivity contribution in [2.24, 2.45) is 0 Å². The van der Waals surface area contributed by atoms with Crippen LogP contribution in [-0.4, -0.2) is 55.3 Å². The summed E-state index contributed by atoms with van der Waals surface area (Å²) < 4.78 is 19.8. The fraction of sp³-hybridized carbons (Fsp3) is 0.643. The maximum atomic E-state index is 9.64. The van der Waals surface area contributed by atoms with Crippen LogP contribution in [0.3, 0.4) is 0 Å². The molecule has 4 rings (SSSR count). The molecule has 0 radical (unpaired) electrons. The van der Waals surface area contributed by atoms with Gasteiger partial charge in [0.1, 0.15) is 30.2 Å². The van der Waals surface area contributed by atoms with Crippen LogP contribution >= 0.6 is 0 Å². The Kier molecular flexibility index (Phi) is 2.95. The summed E-state index contributed by atoms with van der Waals surface area (Å²) in [4.78, 5) is 12.5. The lowest BCUT2D eigenvalue weighted by Gasteiger charge is -2.32. The van der Waals surface area contributed by atoms with E-state index in [4.69, 9.17) is 19.9 Å². The SMILES string of the molecule is CC1(C)O[C@@H]2[C@@H](O1)[C@](C)(n1cnc3c(N)ncnc31)O[C@@H]2CO. The van der Waals surface area contributed by atoms with Crippen LogP contribution in [0.4, 0.5) is 5.82 Å². The highest BCUT2D eigenvalue weighted by Crippen LogP contribution is 2.47. The molecular formula is C14H19N5O4. The van der Waals surface area contributed by atoms with Crippen LogP contribution < -0.4 is 5.73 Å². The zero-order chi connectivity index (χ0) is 16.4. The van der Waals surface area contributed by atoms with Gasteiger partial charge in [0.2, 0.25) is 0 Å². The number of aliphatic hydroxyl groups is 1. The van der Waals surface area contributed by atoms with Crippen LogP contribution in [-0.2, 0) is 19.9 Å². The molecule has 0 aliphatic carbocycles. The smallest absolute Gasteiger partial charge is 0.174 e. The van der Waals surface area contributed by atoms with Crippen molar-refractivity contribution in [3.05, 3.63) is 12.7 Å². The lowest BCUT2D eigenvalue weighted by atomic mass is 10.0. The summed E-state index contributed by atoms with van der Waals surface area (Å²) in [5, 5.41) is 9.64. The van der Waals surface area contributed by atoms with E-state index in [1.807, 2.05) is 20.8 Å². The minimum atomic E-state index is -0.929. The molecule has 124 valence electrons. The molecule has 2 aliphatic heterocycles. The topological polar surface area (TPSA) is 118 Å². The third kappa shape index (κ3) is 1.97. The fourth-order valence-electron chi connectivity index (χ4n) is 3.43. The number of anilines is 1. The summed E-state index contributed by atoms with van der Waals surface area (Å²) in [7, 11) is 0. The van der Waals surface area contributed by atoms with E-state index in [0.717, 1.165) is 0 Å². The largest absolute Gasteiger partial charge is 0.394 e. The van der Waals surface area contributed by atoms with Crippen LogP contribution in [0.15, 0.2) is 12.7 Å². The van der Waals surface area contributed by atoms with Gasteiger partial charge in [-0.3, -0.25) is 4.57 Å². The van der Waals surface area contributed by atoms with E-state index >= 15 is 0 Å². The number of hydrogen-bond donors (Lipinski definition) is 2. The predicted octanol–water partition coefficient (Wildman–Crippen LogP) is -0.00760. The molecule has 0 amide bonds. The van der Waals surface area contributed by atoms with E-state index in [9.17, 15) is 5.11 Å². The van der Waals surface area contributed by atoms with Crippen molar-refractivity contribution >= 4 is 17.0 Å². The van der Waals surface area contributed by atoms with Crippen molar-refractivity contribution in [3.63, 3.8) is 0 Å². The van der Waals surface area contributed by atoms with Crippen molar-refractivity contribution in [1.82, 2.24) is 19.5 Å². The van der Waals surface area contributed by atoms with Crippen molar-refractivity contribution in [2.45, 2.75) is 50.6 Å². The summed E-state index contributed by atoms with van der Waals surface area (Å²) in [6, 6.07) is 0. The molecular weight excluding hydrogens is 302 g/mol. The normalized spacial score (nSPS) is 35.7. The standard InChI is InChI=1S/C14H19N5O4/c1-13(2)22-9-7(4-20)21-14(3,10(9)23-13)19-6-18-8-11(15)16-5-17-12(8)19/h5-7,9-10,20H,4H2,1-3H3,(H2,15,16,17)/t7-,9+,10-,14-/m1/s1. The van der Waals surface area contributed by atoms with Crippen molar-refractivity contribution in [3.8, 4) is 0 Å². The number of nitrogens with zero attached hydrogens (tertiary/aromatic N) is 4. The lowest BCUT2D eigenvalue weighted by Crippen LogP contribution is -2.43. The molecule has 0 saturated carbocycles. The lowest BCUT2D eigenvalue weighted by molar-refractivity contribution is -0.228. The van der Waals surface area contributed by atoms with E-state index < -0.39 is 23.7 Å². The molecule has 3 N–H and O–H groups in total. The molecule has 0 bridgehead atoms. The Balaban J connectivity index is 1.84. The van der Waals surface area contributed by atoms with Crippen molar-refractivity contribution in [2.75, 3.05) is 12.3 Å². The second-order valence-corrected chi connectivity index (χ2v) is 6.46. The number of rotatable bonds is 2. The van der Waals surface area contributed by atoms with E-state index in [1.165, 1.54) is 6.33 Å². The summed E-state index contributed by atoms with van der Waals surface area (Å²) in [6.07, 6.45) is 1.69. The number of nitrogen functional groups attached to an aromatic ring is 1. The Morgan fingerprint density at radius 2 is 2.00 bits per heavy atom. The molecule has 4 atom stereocenters. The van der Waals surface area contributed by atoms with Gasteiger partial charge in [0.25, 0.3) is 0 Å². The van der Waals surface area contributed by atoms with Gasteiger partial charge in [0.15, 0.2) is 23.0 Å². The van der Waals surface area contributed by atoms with Crippen LogP contribution in [0, 0.1) is 0 Å². The molecule has 9 heteroatoms. The quantitative estimate of drug-likeness (QED) is 0.793. The number of hydrogen-bond acceptors (Lipinski definition) is 8. The van der Waals surface area contributed by atoms with Crippen LogP contribution in [0.5, 0.6) is 0 Å². The van der Waals surface area contributed by atoms with Gasteiger partial charge in [-0.15, -0.1) is 0 Å². The van der Waals surface area contributed by atoms with Gasteiger partial charge in [-0.2, -0.15) is 0 Å². The summed E-state index contributed by atoms with van der Waals surface area (Å²) in [5.74, 6) is -0.451. The zero-order valence-electron chi connectivity index (χ0n) is 13.1. The molecule has 2 fully saturated rings. The molecule has 2 saturated heterocycles. The van der Waals surface area contributed by atoms with Crippen LogP contribution in [0.25, 0.3) is 11.2 Å². The molecule has 2 aromatic rings. The number of fused-ring (bicyclic) bond motifs is 2. The fourth-order valence-corrected chi connectivity index (χ4v) is 3.43. The van der Waals surface area contributed by atoms with E-state index in [1.54, 1.807) is 10.9 Å². The maximum Gasteiger partial charge on any atom is 0.174 e. The minimum Gasteiger partial charge on any atom is -0.394 e. The molecule has 0 unspecified atom stereocenters. The first-order valence-electron chi connectivity index (χ1n) is 7.44. The average molecular weight is 321 g/mol. The predicted molar refractivity (Wildman–Crippen MR) is 79.2 cm³/mol. The number of aromatic nitrogens is 4. The number of ether oxygens (including phenoxy) is 3. The molecule has 2 aliphatic rings. The Bertz CT molecular complexity index is 763. The maximum absolute atomic E-state index is 9.64. The van der Waals surface area contributed by atoms with Gasteiger partial charge >= 0.3 is 0 Å². The summed E-state index contributed by atoms with van der Waals surface area (Å²) >= 11 is 0. The van der Waals surface area contributed by atoms with Gasteiger partial charge in [0, 0.05) is 0 Å². The van der Waals surface area contributed by atoms with Gasteiger partial charge in [-0.1, -0.05) is 0 Å². The highest BCUT2D eigenvalue weighted by molar-refractivity contribution is 5.81. The van der Waals surface area contributed by atoms with Crippen LogP contribution in [0.2, 0.25) is 0 Å². The first-order chi connectivity index (χ1) is 10.9. The van der Waals surface area contributed by atoms with E-state index in [0.29, 0.717) is 17.0 Å². The van der Waals surface area contributed by atoms with E-state index in [2.05, 4.69) is 15.0 Å². The second kappa shape index (κ2) is 4.60. The molecule has 2 aromatic heterocycles. The van der Waals surface area contributed by atoms with Crippen molar-refractivity contribution < 1.29 is 19.3 Å². The van der Waals surface area contributed by atoms with Gasteiger partial charge < -0.3 is 25.1 Å². The first kappa shape index (κ1) is 14.8. The number of nitrogens with two attached hydrogens (primary N) is 1. The highest BCUT2D eigenvalue weighted by Gasteiger charge is 2.62. The number of aliphatic hydroxyl groups excluding tert-OH is 1. The molecule has 9 nitrogen and oxygen atoms in total. The zero-order valence-corrected chi connectivity index (χ0v) is 13.1. The minimum absolute atomic E-state index is 0.167. The summed E-state index contributed by atoms with van der Waals surface area (Å²) in [5.41, 5.74) is 5.97. The van der Waals surface area contributed by atoms with Gasteiger partial charge in [-0.05, 0) is 20.8 Å². The third-order valence-corrected chi connectivity index (χ3v) is 4.43. The number of imidazole rings is 1. The monoisotopic (exact) mass is 321 g/mol. The Labute approximate surface area is 132 Å². The average Bonchev–Trinajstić information content (AvgIpc) is 3.12. The van der Waals surface area contributed by atoms with Gasteiger partial charge in [-0.25, -0.2) is 15.0 Å². The van der Waals surface area contributed by atoms with Crippen molar-refractivity contribution in [1.29, 1.82) is 0 Å². The molecule has 0 spiro atoms. The Morgan fingerprint density at radius 1 is 1.22 bits per heavy atom. The summed E-state index contributed by atoms with van der Waals surface area (Å²) in [6.45, 7) is 5.38. The molecule has 23 heavy (non-hydrogen) atoms. The first-order valence-corrected chi connectivity index (χ1v) is 7.44. The third-order valence-electron chi connectivity index (χ3n) is 4.43. The van der Waals surface area contributed by atoms with E-state index in [-0.39, 0.29) is 12.7 Å². The highest BCUT2D eigenvalue weighted by atomic mass is 16.8.